The van der Waals surface area contributed by atoms with Gasteiger partial charge in [0.2, 0.25) is 0 Å². The number of hydrogen-bond acceptors (Lipinski definition) is 3. The number of nitrogens with one attached hydrogen (secondary N) is 2. The molecule has 3 rings (SSSR count). The fourth-order valence-electron chi connectivity index (χ4n) is 3.22. The van der Waals surface area contributed by atoms with Gasteiger partial charge in [-0.25, -0.2) is 4.98 Å². The van der Waals surface area contributed by atoms with Gasteiger partial charge in [-0.2, -0.15) is 0 Å². The summed E-state index contributed by atoms with van der Waals surface area (Å²) >= 11 is 0. The first-order valence-corrected chi connectivity index (χ1v) is 7.15. The molecule has 1 aliphatic heterocycles. The second kappa shape index (κ2) is 5.22. The second-order valence-corrected chi connectivity index (χ2v) is 5.56. The molecule has 2 N–H and O–H groups in total. The van der Waals surface area contributed by atoms with E-state index in [0.717, 1.165) is 37.4 Å². The molecule has 98 valence electrons. The van der Waals surface area contributed by atoms with Crippen molar-refractivity contribution in [3.63, 3.8) is 0 Å². The predicted molar refractivity (Wildman–Crippen MR) is 70.9 cm³/mol. The van der Waals surface area contributed by atoms with E-state index < -0.39 is 0 Å². The highest BCUT2D eigenvalue weighted by molar-refractivity contribution is 5.12. The van der Waals surface area contributed by atoms with Gasteiger partial charge >= 0.3 is 0 Å². The number of aromatic nitrogens is 2. The van der Waals surface area contributed by atoms with Gasteiger partial charge in [0, 0.05) is 17.9 Å². The minimum Gasteiger partial charge on any atom is -0.317 e. The van der Waals surface area contributed by atoms with E-state index in [-0.39, 0.29) is 5.56 Å². The van der Waals surface area contributed by atoms with Crippen LogP contribution >= 0.6 is 0 Å². The van der Waals surface area contributed by atoms with Crippen molar-refractivity contribution in [1.29, 1.82) is 0 Å². The van der Waals surface area contributed by atoms with Crippen molar-refractivity contribution in [2.75, 3.05) is 13.1 Å². The van der Waals surface area contributed by atoms with Crippen LogP contribution in [0.5, 0.6) is 0 Å². The molecule has 1 saturated heterocycles. The highest BCUT2D eigenvalue weighted by Gasteiger charge is 2.22. The van der Waals surface area contributed by atoms with Crippen molar-refractivity contribution < 1.29 is 0 Å². The summed E-state index contributed by atoms with van der Waals surface area (Å²) in [7, 11) is 0. The average molecular weight is 247 g/mol. The van der Waals surface area contributed by atoms with Crippen LogP contribution in [-0.2, 0) is 0 Å². The molecule has 1 saturated carbocycles. The lowest BCUT2D eigenvalue weighted by atomic mass is 9.96. The van der Waals surface area contributed by atoms with Crippen LogP contribution in [-0.4, -0.2) is 23.1 Å². The van der Waals surface area contributed by atoms with Gasteiger partial charge in [0.1, 0.15) is 5.82 Å². The monoisotopic (exact) mass is 247 g/mol. The first-order chi connectivity index (χ1) is 8.83. The minimum absolute atomic E-state index is 0.0282. The molecule has 1 aromatic rings. The number of H-pyrrole nitrogens is 1. The number of nitrogens with zero attached hydrogens (tertiary/aromatic N) is 1. The van der Waals surface area contributed by atoms with E-state index in [9.17, 15) is 4.79 Å². The summed E-state index contributed by atoms with van der Waals surface area (Å²) in [4.78, 5) is 19.5. The first kappa shape index (κ1) is 11.9. The SMILES string of the molecule is O=c1cc(C2CCCC2)nc(C2CCNCC2)[nH]1. The normalized spacial score (nSPS) is 22.4. The molecule has 0 bridgehead atoms. The smallest absolute Gasteiger partial charge is 0.251 e. The Labute approximate surface area is 107 Å². The summed E-state index contributed by atoms with van der Waals surface area (Å²) in [5, 5.41) is 3.35. The van der Waals surface area contributed by atoms with Crippen molar-refractivity contribution in [1.82, 2.24) is 15.3 Å². The number of aromatic amines is 1. The van der Waals surface area contributed by atoms with Crippen LogP contribution in [0.1, 0.15) is 61.9 Å². The molecule has 4 heteroatoms. The molecule has 2 aliphatic rings. The van der Waals surface area contributed by atoms with E-state index in [1.165, 1.54) is 25.7 Å². The van der Waals surface area contributed by atoms with E-state index in [2.05, 4.69) is 10.3 Å². The molecule has 1 aliphatic carbocycles. The van der Waals surface area contributed by atoms with Gasteiger partial charge in [-0.05, 0) is 38.8 Å². The summed E-state index contributed by atoms with van der Waals surface area (Å²) in [6, 6.07) is 1.71. The number of hydrogen-bond donors (Lipinski definition) is 2. The molecule has 18 heavy (non-hydrogen) atoms. The fourth-order valence-corrected chi connectivity index (χ4v) is 3.22. The topological polar surface area (TPSA) is 57.8 Å². The molecule has 2 fully saturated rings. The van der Waals surface area contributed by atoms with Crippen LogP contribution in [0.25, 0.3) is 0 Å². The highest BCUT2D eigenvalue weighted by Crippen LogP contribution is 2.33. The van der Waals surface area contributed by atoms with Gasteiger partial charge in [-0.3, -0.25) is 4.79 Å². The molecule has 2 heterocycles. The van der Waals surface area contributed by atoms with E-state index >= 15 is 0 Å². The summed E-state index contributed by atoms with van der Waals surface area (Å²) in [5.74, 6) is 1.87. The van der Waals surface area contributed by atoms with Crippen LogP contribution in [0, 0.1) is 0 Å². The number of rotatable bonds is 2. The minimum atomic E-state index is 0.0282. The molecule has 0 amide bonds. The van der Waals surface area contributed by atoms with Gasteiger partial charge in [0.05, 0.1) is 5.69 Å². The molecular formula is C14H21N3O. The molecule has 1 aromatic heterocycles. The van der Waals surface area contributed by atoms with Crippen molar-refractivity contribution in [3.05, 3.63) is 27.9 Å². The Balaban J connectivity index is 1.87. The van der Waals surface area contributed by atoms with E-state index in [0.29, 0.717) is 11.8 Å². The molecular weight excluding hydrogens is 226 g/mol. The molecule has 0 aromatic carbocycles. The van der Waals surface area contributed by atoms with Crippen molar-refractivity contribution in [3.8, 4) is 0 Å². The van der Waals surface area contributed by atoms with Crippen molar-refractivity contribution in [2.24, 2.45) is 0 Å². The Morgan fingerprint density at radius 3 is 2.50 bits per heavy atom. The van der Waals surface area contributed by atoms with E-state index in [1.54, 1.807) is 6.07 Å². The van der Waals surface area contributed by atoms with Crippen LogP contribution < -0.4 is 10.9 Å². The van der Waals surface area contributed by atoms with Gasteiger partial charge in [-0.15, -0.1) is 0 Å². The third-order valence-corrected chi connectivity index (χ3v) is 4.28. The Kier molecular flexibility index (Phi) is 3.46. The zero-order valence-corrected chi connectivity index (χ0v) is 10.7. The number of piperidine rings is 1. The van der Waals surface area contributed by atoms with E-state index in [4.69, 9.17) is 4.98 Å². The van der Waals surface area contributed by atoms with Crippen molar-refractivity contribution in [2.45, 2.75) is 50.4 Å². The van der Waals surface area contributed by atoms with Crippen LogP contribution in [0.2, 0.25) is 0 Å². The second-order valence-electron chi connectivity index (χ2n) is 5.56. The first-order valence-electron chi connectivity index (χ1n) is 7.15. The fraction of sp³-hybridized carbons (Fsp3) is 0.714. The Bertz CT molecular complexity index is 456. The zero-order chi connectivity index (χ0) is 12.4. The highest BCUT2D eigenvalue weighted by atomic mass is 16.1. The predicted octanol–water partition coefficient (Wildman–Crippen LogP) is 1.89. The van der Waals surface area contributed by atoms with Crippen LogP contribution in [0.3, 0.4) is 0 Å². The lowest BCUT2D eigenvalue weighted by Crippen LogP contribution is -2.29. The summed E-state index contributed by atoms with van der Waals surface area (Å²) in [6.07, 6.45) is 7.11. The Morgan fingerprint density at radius 1 is 1.06 bits per heavy atom. The standard InChI is InChI=1S/C14H21N3O/c18-13-9-12(10-3-1-2-4-10)16-14(17-13)11-5-7-15-8-6-11/h9-11,15H,1-8H2,(H,16,17,18). The van der Waals surface area contributed by atoms with Gasteiger partial charge in [0.15, 0.2) is 0 Å². The Morgan fingerprint density at radius 2 is 1.78 bits per heavy atom. The van der Waals surface area contributed by atoms with Gasteiger partial charge in [0.25, 0.3) is 5.56 Å². The summed E-state index contributed by atoms with van der Waals surface area (Å²) in [6.45, 7) is 2.06. The average Bonchev–Trinajstić information content (AvgIpc) is 2.93. The van der Waals surface area contributed by atoms with Gasteiger partial charge in [-0.1, -0.05) is 12.8 Å². The van der Waals surface area contributed by atoms with E-state index in [1.807, 2.05) is 0 Å². The zero-order valence-electron chi connectivity index (χ0n) is 10.7. The van der Waals surface area contributed by atoms with Crippen LogP contribution in [0.4, 0.5) is 0 Å². The molecule has 0 radical (unpaired) electrons. The lowest BCUT2D eigenvalue weighted by Gasteiger charge is -2.22. The Hall–Kier alpha value is -1.16. The third kappa shape index (κ3) is 2.48. The largest absolute Gasteiger partial charge is 0.317 e. The maximum absolute atomic E-state index is 11.8. The molecule has 0 unspecified atom stereocenters. The molecule has 4 nitrogen and oxygen atoms in total. The third-order valence-electron chi connectivity index (χ3n) is 4.28. The van der Waals surface area contributed by atoms with Crippen LogP contribution in [0.15, 0.2) is 10.9 Å². The molecule has 0 atom stereocenters. The lowest BCUT2D eigenvalue weighted by molar-refractivity contribution is 0.442. The quantitative estimate of drug-likeness (QED) is 0.839. The summed E-state index contributed by atoms with van der Waals surface area (Å²) < 4.78 is 0. The molecule has 0 spiro atoms. The summed E-state index contributed by atoms with van der Waals surface area (Å²) in [5.41, 5.74) is 1.06. The van der Waals surface area contributed by atoms with Crippen molar-refractivity contribution >= 4 is 0 Å². The maximum atomic E-state index is 11.8. The van der Waals surface area contributed by atoms with Gasteiger partial charge < -0.3 is 10.3 Å². The maximum Gasteiger partial charge on any atom is 0.251 e.